The molecule has 2 aromatic carbocycles. The number of benzene rings is 2. The van der Waals surface area contributed by atoms with E-state index in [1.54, 1.807) is 54.6 Å². The van der Waals surface area contributed by atoms with Crippen LogP contribution in [0.25, 0.3) is 10.9 Å². The first-order chi connectivity index (χ1) is 15.3. The minimum atomic E-state index is -3.56. The van der Waals surface area contributed by atoms with Gasteiger partial charge in [-0.05, 0) is 36.4 Å². The molecular formula is C21H17ClN4O4S2. The average Bonchev–Trinajstić information content (AvgIpc) is 3.18. The molecule has 5 rings (SSSR count). The Labute approximate surface area is 192 Å². The highest BCUT2D eigenvalue weighted by Crippen LogP contribution is 2.55. The summed E-state index contributed by atoms with van der Waals surface area (Å²) in [4.78, 5) is 14.6. The minimum absolute atomic E-state index is 0.119. The summed E-state index contributed by atoms with van der Waals surface area (Å²) in [5.74, 6) is -0.421. The van der Waals surface area contributed by atoms with E-state index in [1.807, 2.05) is 6.07 Å². The molecule has 2 aromatic heterocycles. The number of amidine groups is 1. The largest absolute Gasteiger partial charge is 0.506 e. The maximum Gasteiger partial charge on any atom is 0.284 e. The lowest BCUT2D eigenvalue weighted by Gasteiger charge is -2.34. The molecule has 0 bridgehead atoms. The smallest absolute Gasteiger partial charge is 0.284 e. The lowest BCUT2D eigenvalue weighted by molar-refractivity contribution is 0.478. The summed E-state index contributed by atoms with van der Waals surface area (Å²) < 4.78 is 27.1. The van der Waals surface area contributed by atoms with E-state index in [0.717, 1.165) is 4.88 Å². The Morgan fingerprint density at radius 1 is 1.09 bits per heavy atom. The van der Waals surface area contributed by atoms with Gasteiger partial charge in [0, 0.05) is 10.3 Å². The number of pyridine rings is 1. The van der Waals surface area contributed by atoms with Crippen LogP contribution in [0.3, 0.4) is 0 Å². The summed E-state index contributed by atoms with van der Waals surface area (Å²) in [5.41, 5.74) is 3.17. The Morgan fingerprint density at radius 2 is 1.84 bits per heavy atom. The van der Waals surface area contributed by atoms with Crippen LogP contribution in [0.5, 0.6) is 5.75 Å². The monoisotopic (exact) mass is 488 g/mol. The minimum Gasteiger partial charge on any atom is -0.506 e. The summed E-state index contributed by atoms with van der Waals surface area (Å²) in [6, 6.07) is 17.1. The van der Waals surface area contributed by atoms with E-state index in [-0.39, 0.29) is 22.0 Å². The molecule has 0 fully saturated rings. The zero-order valence-corrected chi connectivity index (χ0v) is 18.7. The SMILES string of the molecule is O=c1c(C2=NS(O)(O)c3ccccc3N2)c(O)c2ccccc2n1NCc1ccc(Cl)s1. The summed E-state index contributed by atoms with van der Waals surface area (Å²) in [7, 11) is -3.56. The van der Waals surface area contributed by atoms with Crippen molar-refractivity contribution >= 4 is 56.1 Å². The molecule has 3 heterocycles. The van der Waals surface area contributed by atoms with E-state index in [0.29, 0.717) is 27.5 Å². The van der Waals surface area contributed by atoms with Crippen LogP contribution in [0.15, 0.2) is 74.8 Å². The highest BCUT2D eigenvalue weighted by molar-refractivity contribution is 8.23. The lowest BCUT2D eigenvalue weighted by Crippen LogP contribution is -2.35. The second kappa shape index (κ2) is 7.84. The Morgan fingerprint density at radius 3 is 2.62 bits per heavy atom. The van der Waals surface area contributed by atoms with Gasteiger partial charge < -0.3 is 15.8 Å². The summed E-state index contributed by atoms with van der Waals surface area (Å²) in [5, 5.41) is 14.3. The lowest BCUT2D eigenvalue weighted by atomic mass is 10.1. The van der Waals surface area contributed by atoms with Crippen LogP contribution in [0.4, 0.5) is 5.69 Å². The molecule has 0 radical (unpaired) electrons. The second-order valence-electron chi connectivity index (χ2n) is 7.00. The van der Waals surface area contributed by atoms with E-state index in [9.17, 15) is 19.0 Å². The van der Waals surface area contributed by atoms with Gasteiger partial charge >= 0.3 is 0 Å². The van der Waals surface area contributed by atoms with E-state index in [1.165, 1.54) is 16.0 Å². The van der Waals surface area contributed by atoms with Crippen molar-refractivity contribution in [3.05, 3.63) is 85.8 Å². The third-order valence-corrected chi connectivity index (χ3v) is 7.60. The molecule has 0 amide bonds. The third kappa shape index (κ3) is 3.51. The van der Waals surface area contributed by atoms with Crippen molar-refractivity contribution in [1.82, 2.24) is 4.68 Å². The second-order valence-corrected chi connectivity index (χ2v) is 10.5. The van der Waals surface area contributed by atoms with Gasteiger partial charge in [-0.1, -0.05) is 46.6 Å². The standard InChI is InChI=1S/C21H17ClN4O4S2/c22-17-10-9-12(31-17)11-23-26-15-7-3-1-5-13(15)19(27)18(21(26)28)20-24-14-6-2-4-8-16(14)32(29,30)25-20/h1-10,23,27,29-30H,11H2,(H,24,25). The number of aromatic hydroxyl groups is 1. The first kappa shape index (κ1) is 20.9. The molecule has 32 heavy (non-hydrogen) atoms. The summed E-state index contributed by atoms with van der Waals surface area (Å²) >= 11 is 7.39. The highest BCUT2D eigenvalue weighted by atomic mass is 35.5. The topological polar surface area (TPSA) is 119 Å². The van der Waals surface area contributed by atoms with Crippen molar-refractivity contribution in [2.75, 3.05) is 10.7 Å². The van der Waals surface area contributed by atoms with Gasteiger partial charge in [-0.15, -0.1) is 15.7 Å². The van der Waals surface area contributed by atoms with Crippen LogP contribution >= 0.6 is 33.7 Å². The number of fused-ring (bicyclic) bond motifs is 2. The number of hydrogen-bond donors (Lipinski definition) is 5. The van der Waals surface area contributed by atoms with Gasteiger partial charge in [0.1, 0.15) is 16.2 Å². The maximum absolute atomic E-state index is 13.5. The van der Waals surface area contributed by atoms with Crippen molar-refractivity contribution in [1.29, 1.82) is 0 Å². The maximum atomic E-state index is 13.5. The summed E-state index contributed by atoms with van der Waals surface area (Å²) in [6.07, 6.45) is 0. The Balaban J connectivity index is 1.67. The number of aromatic nitrogens is 1. The number of halogens is 1. The van der Waals surface area contributed by atoms with Crippen LogP contribution in [0.1, 0.15) is 10.4 Å². The Kier molecular flexibility index (Phi) is 5.11. The zero-order valence-electron chi connectivity index (χ0n) is 16.3. The molecule has 0 unspecified atom stereocenters. The van der Waals surface area contributed by atoms with Crippen LogP contribution in [0.2, 0.25) is 4.34 Å². The molecule has 1 aliphatic heterocycles. The van der Waals surface area contributed by atoms with Crippen LogP contribution < -0.4 is 16.3 Å². The predicted octanol–water partition coefficient (Wildman–Crippen LogP) is 5.06. The molecule has 0 aliphatic carbocycles. The van der Waals surface area contributed by atoms with Gasteiger partial charge in [0.2, 0.25) is 0 Å². The molecule has 0 atom stereocenters. The van der Waals surface area contributed by atoms with Crippen molar-refractivity contribution in [3.8, 4) is 5.75 Å². The van der Waals surface area contributed by atoms with Gasteiger partial charge in [0.25, 0.3) is 5.56 Å². The molecule has 0 spiro atoms. The number of anilines is 1. The fraction of sp³-hybridized carbons (Fsp3) is 0.0476. The van der Waals surface area contributed by atoms with E-state index >= 15 is 0 Å². The van der Waals surface area contributed by atoms with E-state index in [2.05, 4.69) is 15.1 Å². The van der Waals surface area contributed by atoms with Gasteiger partial charge in [-0.3, -0.25) is 13.9 Å². The molecule has 4 aromatic rings. The van der Waals surface area contributed by atoms with Crippen molar-refractivity contribution in [2.24, 2.45) is 4.40 Å². The Bertz CT molecular complexity index is 1450. The number of nitrogens with one attached hydrogen (secondary N) is 2. The first-order valence-electron chi connectivity index (χ1n) is 9.44. The average molecular weight is 489 g/mol. The van der Waals surface area contributed by atoms with Crippen molar-refractivity contribution < 1.29 is 14.2 Å². The number of rotatable bonds is 4. The molecule has 5 N–H and O–H groups in total. The van der Waals surface area contributed by atoms with Crippen molar-refractivity contribution in [2.45, 2.75) is 11.4 Å². The number of thiophene rings is 1. The van der Waals surface area contributed by atoms with Crippen molar-refractivity contribution in [3.63, 3.8) is 0 Å². The molecule has 11 heteroatoms. The van der Waals surface area contributed by atoms with E-state index < -0.39 is 16.3 Å². The van der Waals surface area contributed by atoms with Crippen LogP contribution in [0, 0.1) is 0 Å². The molecule has 0 saturated heterocycles. The first-order valence-corrected chi connectivity index (χ1v) is 12.1. The van der Waals surface area contributed by atoms with Crippen LogP contribution in [-0.2, 0) is 6.54 Å². The Hall–Kier alpha value is -3.02. The van der Waals surface area contributed by atoms with Gasteiger partial charge in [-0.25, -0.2) is 4.68 Å². The van der Waals surface area contributed by atoms with Gasteiger partial charge in [-0.2, -0.15) is 0 Å². The number of hydrogen-bond acceptors (Lipinski definition) is 8. The molecule has 0 saturated carbocycles. The molecular weight excluding hydrogens is 472 g/mol. The predicted molar refractivity (Wildman–Crippen MR) is 130 cm³/mol. The van der Waals surface area contributed by atoms with E-state index in [4.69, 9.17) is 11.6 Å². The number of nitrogens with zero attached hydrogens (tertiary/aromatic N) is 2. The number of para-hydroxylation sites is 2. The zero-order chi connectivity index (χ0) is 22.5. The fourth-order valence-electron chi connectivity index (χ4n) is 3.54. The normalized spacial score (nSPS) is 15.5. The molecule has 8 nitrogen and oxygen atoms in total. The molecule has 1 aliphatic rings. The van der Waals surface area contributed by atoms with Gasteiger partial charge in [0.05, 0.1) is 22.1 Å². The molecule has 164 valence electrons. The summed E-state index contributed by atoms with van der Waals surface area (Å²) in [6.45, 7) is 0.323. The fourth-order valence-corrected chi connectivity index (χ4v) is 5.73. The van der Waals surface area contributed by atoms with Gasteiger partial charge in [0.15, 0.2) is 5.84 Å². The highest BCUT2D eigenvalue weighted by Gasteiger charge is 2.30. The third-order valence-electron chi connectivity index (χ3n) is 4.98. The quantitative estimate of drug-likeness (QED) is 0.274. The van der Waals surface area contributed by atoms with Crippen LogP contribution in [-0.4, -0.2) is 24.7 Å².